The predicted molar refractivity (Wildman–Crippen MR) is 294 cm³/mol. The number of rotatable bonds is 54. The number of carbonyl (C=O) groups is 3. The lowest BCUT2D eigenvalue weighted by atomic mass is 9.74. The summed E-state index contributed by atoms with van der Waals surface area (Å²) in [6.07, 6.45) is 41.4. The number of carboxylic acid groups (broad SMARTS) is 2. The summed E-state index contributed by atoms with van der Waals surface area (Å²) in [6, 6.07) is 0. The van der Waals surface area contributed by atoms with Gasteiger partial charge < -0.3 is 24.6 Å². The number of carbonyl (C=O) groups excluding carboxylic acids is 1. The Kier molecular flexibility index (Phi) is 45.9. The van der Waals surface area contributed by atoms with Crippen molar-refractivity contribution < 1.29 is 34.1 Å². The van der Waals surface area contributed by atoms with Gasteiger partial charge >= 0.3 is 18.1 Å². The zero-order valence-corrected chi connectivity index (χ0v) is 47.1. The SMILES string of the molecule is CCCCCCCCC(CCCCCCCC)(CCCCCCC(CCCCCCC(CCCCCCCC)(CCCCCCCC)C(=O)O)OC(=O)OCCN(CC)CCN(CC)CC)C(=O)O. The second-order valence-corrected chi connectivity index (χ2v) is 21.4. The van der Waals surface area contributed by atoms with Gasteiger partial charge in [-0.2, -0.15) is 0 Å². The maximum atomic E-state index is 13.2. The van der Waals surface area contributed by atoms with Crippen molar-refractivity contribution >= 4 is 18.1 Å². The molecule has 0 atom stereocenters. The number of hydrogen-bond donors (Lipinski definition) is 2. The van der Waals surface area contributed by atoms with Crippen molar-refractivity contribution in [3.63, 3.8) is 0 Å². The second kappa shape index (κ2) is 47.2. The highest BCUT2D eigenvalue weighted by Gasteiger charge is 2.38. The molecule has 0 aromatic heterocycles. The van der Waals surface area contributed by atoms with E-state index in [-0.39, 0.29) is 6.10 Å². The van der Waals surface area contributed by atoms with Crippen molar-refractivity contribution in [1.29, 1.82) is 0 Å². The fourth-order valence-corrected chi connectivity index (χ4v) is 10.7. The lowest BCUT2D eigenvalue weighted by Crippen LogP contribution is -2.37. The number of hydrogen-bond acceptors (Lipinski definition) is 7. The smallest absolute Gasteiger partial charge is 0.481 e. The van der Waals surface area contributed by atoms with Gasteiger partial charge in [0.2, 0.25) is 0 Å². The lowest BCUT2D eigenvalue weighted by Gasteiger charge is -2.30. The van der Waals surface area contributed by atoms with Gasteiger partial charge in [0, 0.05) is 19.6 Å². The maximum Gasteiger partial charge on any atom is 0.508 e. The Hall–Kier alpha value is -1.87. The molecule has 0 aliphatic heterocycles. The molecule has 9 nitrogen and oxygen atoms in total. The van der Waals surface area contributed by atoms with E-state index in [0.29, 0.717) is 13.2 Å². The minimum atomic E-state index is -0.615. The number of likely N-dealkylation sites (N-methyl/N-ethyl adjacent to an activating group) is 2. The topological polar surface area (TPSA) is 117 Å². The second-order valence-electron chi connectivity index (χ2n) is 21.4. The zero-order chi connectivity index (χ0) is 51.1. The molecule has 0 aliphatic rings. The molecule has 69 heavy (non-hydrogen) atoms. The van der Waals surface area contributed by atoms with E-state index in [2.05, 4.69) is 58.3 Å². The highest BCUT2D eigenvalue weighted by molar-refractivity contribution is 5.75. The normalized spacial score (nSPS) is 12.2. The van der Waals surface area contributed by atoms with Crippen molar-refractivity contribution in [3.8, 4) is 0 Å². The Morgan fingerprint density at radius 1 is 0.377 bits per heavy atom. The fraction of sp³-hybridized carbons (Fsp3) is 0.950. The van der Waals surface area contributed by atoms with E-state index >= 15 is 0 Å². The minimum absolute atomic E-state index is 0.223. The van der Waals surface area contributed by atoms with Crippen LogP contribution in [0.3, 0.4) is 0 Å². The van der Waals surface area contributed by atoms with E-state index < -0.39 is 28.9 Å². The van der Waals surface area contributed by atoms with Gasteiger partial charge in [-0.15, -0.1) is 0 Å². The quantitative estimate of drug-likeness (QED) is 0.0454. The fourth-order valence-electron chi connectivity index (χ4n) is 10.7. The molecular weight excluding hydrogens is 861 g/mol. The molecule has 0 aliphatic carbocycles. The number of unbranched alkanes of at least 4 members (excludes halogenated alkanes) is 26. The van der Waals surface area contributed by atoms with Gasteiger partial charge in [0.1, 0.15) is 12.7 Å². The van der Waals surface area contributed by atoms with Crippen LogP contribution in [0.15, 0.2) is 0 Å². The van der Waals surface area contributed by atoms with E-state index in [4.69, 9.17) is 9.47 Å². The number of ether oxygens (including phenoxy) is 2. The Labute approximate surface area is 428 Å². The van der Waals surface area contributed by atoms with Crippen LogP contribution in [0.2, 0.25) is 0 Å². The molecule has 0 unspecified atom stereocenters. The minimum Gasteiger partial charge on any atom is -0.481 e. The first-order valence-electron chi connectivity index (χ1n) is 30.3. The van der Waals surface area contributed by atoms with Crippen molar-refractivity contribution in [2.45, 2.75) is 311 Å². The van der Waals surface area contributed by atoms with Gasteiger partial charge in [0.05, 0.1) is 10.8 Å². The van der Waals surface area contributed by atoms with E-state index in [9.17, 15) is 24.6 Å². The summed E-state index contributed by atoms with van der Waals surface area (Å²) in [5.74, 6) is -1.18. The number of nitrogens with zero attached hydrogens (tertiary/aromatic N) is 2. The van der Waals surface area contributed by atoms with Crippen LogP contribution in [0.5, 0.6) is 0 Å². The van der Waals surface area contributed by atoms with Crippen LogP contribution in [0, 0.1) is 10.8 Å². The summed E-state index contributed by atoms with van der Waals surface area (Å²) in [5, 5.41) is 21.4. The third-order valence-corrected chi connectivity index (χ3v) is 15.8. The molecule has 0 bridgehead atoms. The predicted octanol–water partition coefficient (Wildman–Crippen LogP) is 18.0. The van der Waals surface area contributed by atoms with Crippen LogP contribution in [0.25, 0.3) is 0 Å². The molecule has 0 rings (SSSR count). The van der Waals surface area contributed by atoms with Gasteiger partial charge in [-0.3, -0.25) is 14.5 Å². The van der Waals surface area contributed by atoms with Crippen LogP contribution in [-0.2, 0) is 19.1 Å². The van der Waals surface area contributed by atoms with Crippen LogP contribution >= 0.6 is 0 Å². The molecule has 0 saturated heterocycles. The number of carboxylic acids is 2. The molecule has 0 spiro atoms. The Bertz CT molecular complexity index is 1060. The first-order valence-corrected chi connectivity index (χ1v) is 30.3. The molecule has 0 fully saturated rings. The standard InChI is InChI=1S/C60H118N2O7/c1-8-15-19-23-29-37-45-59(56(63)64,46-38-30-24-20-16-9-2)49-41-33-27-35-43-55(69-58(67)68-54-53-62(14-7)52-51-61(12-5)13-6)44-36-28-34-42-50-60(57(65)66,47-39-31-25-21-17-10-3)48-40-32-26-22-18-11-4/h55H,8-54H2,1-7H3,(H,63,64)(H,65,66). The maximum absolute atomic E-state index is 13.2. The van der Waals surface area contributed by atoms with E-state index in [1.165, 1.54) is 103 Å². The largest absolute Gasteiger partial charge is 0.508 e. The van der Waals surface area contributed by atoms with Crippen molar-refractivity contribution in [1.82, 2.24) is 9.80 Å². The van der Waals surface area contributed by atoms with Crippen LogP contribution in [0.1, 0.15) is 305 Å². The average molecular weight is 980 g/mol. The van der Waals surface area contributed by atoms with Crippen LogP contribution in [-0.4, -0.2) is 90.1 Å². The van der Waals surface area contributed by atoms with Crippen LogP contribution < -0.4 is 0 Å². The van der Waals surface area contributed by atoms with Gasteiger partial charge in [-0.25, -0.2) is 4.79 Å². The molecule has 0 aromatic rings. The summed E-state index contributed by atoms with van der Waals surface area (Å²) >= 11 is 0. The summed E-state index contributed by atoms with van der Waals surface area (Å²) in [6.45, 7) is 21.4. The Morgan fingerprint density at radius 3 is 0.942 bits per heavy atom. The van der Waals surface area contributed by atoms with E-state index in [1.54, 1.807) is 0 Å². The Balaban J connectivity index is 5.58. The first kappa shape index (κ1) is 67.1. The molecule has 0 aromatic carbocycles. The summed E-state index contributed by atoms with van der Waals surface area (Å²) < 4.78 is 11.7. The highest BCUT2D eigenvalue weighted by Crippen LogP contribution is 2.39. The third kappa shape index (κ3) is 35.8. The van der Waals surface area contributed by atoms with Crippen molar-refractivity contribution in [2.24, 2.45) is 10.8 Å². The molecule has 0 amide bonds. The zero-order valence-electron chi connectivity index (χ0n) is 47.1. The summed E-state index contributed by atoms with van der Waals surface area (Å²) in [4.78, 5) is 43.9. The highest BCUT2D eigenvalue weighted by atomic mass is 16.7. The van der Waals surface area contributed by atoms with Gasteiger partial charge in [0.15, 0.2) is 0 Å². The average Bonchev–Trinajstić information content (AvgIpc) is 3.34. The van der Waals surface area contributed by atoms with Gasteiger partial charge in [-0.1, -0.05) is 241 Å². The van der Waals surface area contributed by atoms with Crippen LogP contribution in [0.4, 0.5) is 4.79 Å². The summed E-state index contributed by atoms with van der Waals surface area (Å²) in [5.41, 5.74) is -1.23. The lowest BCUT2D eigenvalue weighted by molar-refractivity contribution is -0.151. The van der Waals surface area contributed by atoms with Gasteiger partial charge in [0.25, 0.3) is 0 Å². The molecular formula is C60H118N2O7. The van der Waals surface area contributed by atoms with E-state index in [1.807, 2.05) is 0 Å². The Morgan fingerprint density at radius 2 is 0.652 bits per heavy atom. The van der Waals surface area contributed by atoms with Crippen molar-refractivity contribution in [2.75, 3.05) is 45.9 Å². The monoisotopic (exact) mass is 979 g/mol. The van der Waals surface area contributed by atoms with Gasteiger partial charge in [-0.05, 0) is 83.8 Å². The molecule has 0 radical (unpaired) electrons. The molecule has 9 heteroatoms. The first-order chi connectivity index (χ1) is 33.5. The molecule has 2 N–H and O–H groups in total. The van der Waals surface area contributed by atoms with Crippen molar-refractivity contribution in [3.05, 3.63) is 0 Å². The molecule has 0 heterocycles. The number of aliphatic carboxylic acids is 2. The summed E-state index contributed by atoms with van der Waals surface area (Å²) in [7, 11) is 0. The third-order valence-electron chi connectivity index (χ3n) is 15.8. The molecule has 0 saturated carbocycles. The molecule has 410 valence electrons. The van der Waals surface area contributed by atoms with E-state index in [0.717, 1.165) is 187 Å².